The Morgan fingerprint density at radius 1 is 1.44 bits per heavy atom. The number of fused-ring (bicyclic) bond motifs is 1. The quantitative estimate of drug-likeness (QED) is 0.531. The molecule has 10 heteroatoms. The maximum Gasteiger partial charge on any atom is 1.00 e. The summed E-state index contributed by atoms with van der Waals surface area (Å²) in [5.74, 6) is -2.48. The van der Waals surface area contributed by atoms with E-state index in [0.29, 0.717) is 10.6 Å². The molecule has 0 saturated carbocycles. The van der Waals surface area contributed by atoms with Crippen LogP contribution in [0.4, 0.5) is 0 Å². The minimum atomic E-state index is -2.34. The number of rotatable bonds is 3. The molecule has 0 fully saturated rings. The van der Waals surface area contributed by atoms with Crippen molar-refractivity contribution in [2.75, 3.05) is 7.11 Å². The Morgan fingerprint density at radius 3 is 2.67 bits per heavy atom. The minimum Gasteiger partial charge on any atom is -0.858 e. The number of carbonyl (C=O) groups excluding carboxylic acids is 1. The largest absolute Gasteiger partial charge is 1.00 e. The molecule has 27 heavy (non-hydrogen) atoms. The summed E-state index contributed by atoms with van der Waals surface area (Å²) in [6, 6.07) is 6.38. The number of pyridine rings is 1. The Balaban J connectivity index is 0.00000182. The van der Waals surface area contributed by atoms with Gasteiger partial charge in [0.15, 0.2) is 0 Å². The maximum absolute atomic E-state index is 12.6. The molecule has 0 aliphatic heterocycles. The van der Waals surface area contributed by atoms with Gasteiger partial charge in [0.05, 0.1) is 30.4 Å². The third kappa shape index (κ3) is 3.71. The van der Waals surface area contributed by atoms with Gasteiger partial charge in [0, 0.05) is 21.7 Å². The number of ether oxygens (including phenoxy) is 1. The van der Waals surface area contributed by atoms with Crippen LogP contribution in [0.2, 0.25) is 5.02 Å². The normalized spacial score (nSPS) is 17.1. The summed E-state index contributed by atoms with van der Waals surface area (Å²) < 4.78 is 5.32. The molecule has 1 unspecified atom stereocenters. The Morgan fingerprint density at radius 2 is 2.11 bits per heavy atom. The van der Waals surface area contributed by atoms with E-state index in [1.807, 2.05) is 6.07 Å². The molecule has 0 radical (unpaired) electrons. The van der Waals surface area contributed by atoms with Crippen molar-refractivity contribution >= 4 is 17.6 Å². The van der Waals surface area contributed by atoms with Gasteiger partial charge in [-0.3, -0.25) is 4.98 Å². The zero-order valence-corrected chi connectivity index (χ0v) is 15.8. The molecular weight excluding hydrogens is 362 g/mol. The second kappa shape index (κ2) is 8.59. The van der Waals surface area contributed by atoms with Crippen LogP contribution >= 0.6 is 11.6 Å². The van der Waals surface area contributed by atoms with Crippen LogP contribution in [0.1, 0.15) is 23.2 Å². The van der Waals surface area contributed by atoms with E-state index >= 15 is 0 Å². The predicted octanol–water partition coefficient (Wildman–Crippen LogP) is -5.75. The first kappa shape index (κ1) is 23.4. The molecule has 1 aliphatic carbocycles. The predicted molar refractivity (Wildman–Crippen MR) is 82.6 cm³/mol. The van der Waals surface area contributed by atoms with Crippen molar-refractivity contribution in [2.45, 2.75) is 18.4 Å². The molecule has 0 saturated heterocycles. The smallest absolute Gasteiger partial charge is 0.858 e. The van der Waals surface area contributed by atoms with Crippen LogP contribution in [-0.2, 0) is 16.8 Å². The molecule has 1 aromatic carbocycles. The number of nitriles is 1. The van der Waals surface area contributed by atoms with E-state index in [-0.39, 0.29) is 78.7 Å². The minimum absolute atomic E-state index is 0. The number of hydrogen-bond donors (Lipinski definition) is 1. The molecule has 1 N–H and O–H groups in total. The Hall–Kier alpha value is -1.63. The molecule has 1 aromatic heterocycles. The summed E-state index contributed by atoms with van der Waals surface area (Å²) in [7, 11) is 1.31. The van der Waals surface area contributed by atoms with E-state index in [2.05, 4.69) is 4.98 Å². The summed E-state index contributed by atoms with van der Waals surface area (Å²) in [4.78, 5) is 15.1. The third-order valence-corrected chi connectivity index (χ3v) is 4.49. The van der Waals surface area contributed by atoms with Crippen LogP contribution in [0, 0.1) is 11.3 Å². The molecule has 1 heterocycles. The SMILES string of the molecule is COc1c2c(nc([O-])c1-c1cc(Cl)ccc1C#N)C(O)(C(=O)[O-])CC2.[Li+].[Li+]. The van der Waals surface area contributed by atoms with Crippen molar-refractivity contribution in [3.05, 3.63) is 40.0 Å². The molecule has 3 rings (SSSR count). The van der Waals surface area contributed by atoms with Gasteiger partial charge in [-0.15, -0.1) is 0 Å². The van der Waals surface area contributed by atoms with Gasteiger partial charge in [0.2, 0.25) is 0 Å². The monoisotopic (exact) mass is 372 g/mol. The zero-order valence-electron chi connectivity index (χ0n) is 15.0. The molecule has 128 valence electrons. The number of benzene rings is 1. The summed E-state index contributed by atoms with van der Waals surface area (Å²) in [6.45, 7) is 0. The van der Waals surface area contributed by atoms with E-state index in [1.54, 1.807) is 0 Å². The molecule has 0 bridgehead atoms. The molecule has 7 nitrogen and oxygen atoms in total. The summed E-state index contributed by atoms with van der Waals surface area (Å²) in [5.41, 5.74) is -1.90. The summed E-state index contributed by atoms with van der Waals surface area (Å²) in [6.07, 6.45) is -0.0523. The van der Waals surface area contributed by atoms with Crippen molar-refractivity contribution in [3.63, 3.8) is 0 Å². The number of aliphatic carboxylic acids is 1. The van der Waals surface area contributed by atoms with Crippen molar-refractivity contribution < 1.29 is 62.6 Å². The number of methoxy groups -OCH3 is 1. The van der Waals surface area contributed by atoms with Gasteiger partial charge in [0.1, 0.15) is 11.4 Å². The van der Waals surface area contributed by atoms with Crippen LogP contribution in [0.15, 0.2) is 18.2 Å². The van der Waals surface area contributed by atoms with E-state index < -0.39 is 17.5 Å². The average Bonchev–Trinajstić information content (AvgIpc) is 2.92. The van der Waals surface area contributed by atoms with Crippen LogP contribution in [0.5, 0.6) is 11.6 Å². The van der Waals surface area contributed by atoms with E-state index in [4.69, 9.17) is 16.3 Å². The molecule has 2 aromatic rings. The molecular formula is C17H11ClLi2N2O5. The van der Waals surface area contributed by atoms with Crippen LogP contribution < -0.4 is 52.7 Å². The molecule has 1 aliphatic rings. The second-order valence-corrected chi connectivity index (χ2v) is 6.04. The fraction of sp³-hybridized carbons (Fsp3) is 0.235. The van der Waals surface area contributed by atoms with Gasteiger partial charge in [0.25, 0.3) is 0 Å². The van der Waals surface area contributed by atoms with Gasteiger partial charge < -0.3 is 24.9 Å². The first-order valence-electron chi connectivity index (χ1n) is 7.25. The average molecular weight is 373 g/mol. The van der Waals surface area contributed by atoms with Gasteiger partial charge >= 0.3 is 37.7 Å². The number of aromatic nitrogens is 1. The van der Waals surface area contributed by atoms with Crippen molar-refractivity contribution in [1.29, 1.82) is 5.26 Å². The molecule has 1 atom stereocenters. The topological polar surface area (TPSA) is 129 Å². The maximum atomic E-state index is 12.6. The Bertz CT molecular complexity index is 948. The second-order valence-electron chi connectivity index (χ2n) is 5.60. The standard InChI is InChI=1S/C17H13ClN2O5.2Li/c1-25-13-10-4-5-17(24,16(22)23)14(10)20-15(21)12(13)11-6-9(18)3-2-8(11)7-19;;/h2-3,6,24H,4-5H2,1H3,(H,20,21)(H,22,23);;/q;2*+1/p-2. The number of hydrogen-bond acceptors (Lipinski definition) is 7. The summed E-state index contributed by atoms with van der Waals surface area (Å²) >= 11 is 5.98. The fourth-order valence-electron chi connectivity index (χ4n) is 3.06. The van der Waals surface area contributed by atoms with Gasteiger partial charge in [-0.1, -0.05) is 11.6 Å². The Kier molecular flexibility index (Phi) is 7.45. The van der Waals surface area contributed by atoms with E-state index in [9.17, 15) is 25.4 Å². The van der Waals surface area contributed by atoms with Crippen LogP contribution in [0.3, 0.4) is 0 Å². The molecule has 0 amide bonds. The fourth-order valence-corrected chi connectivity index (χ4v) is 3.23. The number of aliphatic hydroxyl groups is 1. The van der Waals surface area contributed by atoms with E-state index in [1.165, 1.54) is 25.3 Å². The number of carbonyl (C=O) groups is 1. The summed E-state index contributed by atoms with van der Waals surface area (Å²) in [5, 5.41) is 43.8. The number of carboxylic acid groups (broad SMARTS) is 1. The van der Waals surface area contributed by atoms with Crippen molar-refractivity contribution in [1.82, 2.24) is 4.98 Å². The third-order valence-electron chi connectivity index (χ3n) is 4.26. The van der Waals surface area contributed by atoms with Crippen LogP contribution in [-0.4, -0.2) is 23.2 Å². The first-order chi connectivity index (χ1) is 11.8. The first-order valence-corrected chi connectivity index (χ1v) is 7.63. The van der Waals surface area contributed by atoms with E-state index in [0.717, 1.165) is 0 Å². The van der Waals surface area contributed by atoms with Gasteiger partial charge in [-0.05, 0) is 36.9 Å². The Labute approximate surface area is 184 Å². The van der Waals surface area contributed by atoms with Gasteiger partial charge in [-0.25, -0.2) is 0 Å². The molecule has 0 spiro atoms. The number of carboxylic acids is 1. The van der Waals surface area contributed by atoms with Crippen LogP contribution in [0.25, 0.3) is 11.1 Å². The zero-order chi connectivity index (χ0) is 18.4. The van der Waals surface area contributed by atoms with Crippen molar-refractivity contribution in [3.8, 4) is 28.8 Å². The van der Waals surface area contributed by atoms with Gasteiger partial charge in [-0.2, -0.15) is 5.26 Å². The number of halogens is 1. The number of nitrogens with zero attached hydrogens (tertiary/aromatic N) is 2. The van der Waals surface area contributed by atoms with Crippen molar-refractivity contribution in [2.24, 2.45) is 0 Å².